The minimum atomic E-state index is -0.755. The zero-order chi connectivity index (χ0) is 14.4. The van der Waals surface area contributed by atoms with Gasteiger partial charge in [0, 0.05) is 18.7 Å². The first-order valence-electron chi connectivity index (χ1n) is 6.56. The molecule has 0 aromatic heterocycles. The van der Waals surface area contributed by atoms with Gasteiger partial charge in [-0.2, -0.15) is 0 Å². The van der Waals surface area contributed by atoms with Crippen LogP contribution in [0.2, 0.25) is 0 Å². The van der Waals surface area contributed by atoms with E-state index in [-0.39, 0.29) is 5.92 Å². The van der Waals surface area contributed by atoms with E-state index in [4.69, 9.17) is 9.84 Å². The SMILES string of the molecule is CCN(Cc1cc(C)ccc1OC)CC(C)C(=O)O. The molecule has 0 fully saturated rings. The molecule has 0 saturated heterocycles. The molecule has 19 heavy (non-hydrogen) atoms. The topological polar surface area (TPSA) is 49.8 Å². The molecule has 1 unspecified atom stereocenters. The number of carboxylic acids is 1. The van der Waals surface area contributed by atoms with E-state index in [2.05, 4.69) is 11.0 Å². The van der Waals surface area contributed by atoms with E-state index in [0.717, 1.165) is 17.9 Å². The lowest BCUT2D eigenvalue weighted by Crippen LogP contribution is -2.31. The summed E-state index contributed by atoms with van der Waals surface area (Å²) in [6.45, 7) is 7.88. The highest BCUT2D eigenvalue weighted by molar-refractivity contribution is 5.69. The highest BCUT2D eigenvalue weighted by Crippen LogP contribution is 2.21. The molecule has 0 aliphatic carbocycles. The number of hydrogen-bond acceptors (Lipinski definition) is 3. The molecule has 1 aromatic carbocycles. The van der Waals surface area contributed by atoms with Gasteiger partial charge in [-0.1, -0.05) is 31.5 Å². The Bertz CT molecular complexity index is 431. The Morgan fingerprint density at radius 3 is 2.68 bits per heavy atom. The second kappa shape index (κ2) is 7.14. The molecule has 0 aliphatic rings. The smallest absolute Gasteiger partial charge is 0.307 e. The molecule has 1 rings (SSSR count). The maximum atomic E-state index is 10.9. The molecule has 0 spiro atoms. The fraction of sp³-hybridized carbons (Fsp3) is 0.533. The van der Waals surface area contributed by atoms with E-state index >= 15 is 0 Å². The summed E-state index contributed by atoms with van der Waals surface area (Å²) >= 11 is 0. The van der Waals surface area contributed by atoms with Gasteiger partial charge in [-0.25, -0.2) is 0 Å². The summed E-state index contributed by atoms with van der Waals surface area (Å²) in [6.07, 6.45) is 0. The van der Waals surface area contributed by atoms with E-state index in [0.29, 0.717) is 13.1 Å². The molecule has 0 aliphatic heterocycles. The number of aliphatic carboxylic acids is 1. The lowest BCUT2D eigenvalue weighted by Gasteiger charge is -2.23. The van der Waals surface area contributed by atoms with Gasteiger partial charge in [-0.3, -0.25) is 9.69 Å². The number of nitrogens with zero attached hydrogens (tertiary/aromatic N) is 1. The van der Waals surface area contributed by atoms with Crippen LogP contribution in [-0.4, -0.2) is 36.2 Å². The number of rotatable bonds is 7. The van der Waals surface area contributed by atoms with Crippen molar-refractivity contribution >= 4 is 5.97 Å². The standard InChI is InChI=1S/C15H23NO3/c1-5-16(9-12(3)15(17)18)10-13-8-11(2)6-7-14(13)19-4/h6-8,12H,5,9-10H2,1-4H3,(H,17,18). The largest absolute Gasteiger partial charge is 0.496 e. The van der Waals surface area contributed by atoms with Gasteiger partial charge in [-0.15, -0.1) is 0 Å². The van der Waals surface area contributed by atoms with Gasteiger partial charge in [0.2, 0.25) is 0 Å². The predicted octanol–water partition coefficient (Wildman–Crippen LogP) is 2.55. The number of benzene rings is 1. The fourth-order valence-corrected chi connectivity index (χ4v) is 2.04. The summed E-state index contributed by atoms with van der Waals surface area (Å²) in [5, 5.41) is 8.99. The molecular formula is C15H23NO3. The third kappa shape index (κ3) is 4.56. The molecule has 0 heterocycles. The average Bonchev–Trinajstić information content (AvgIpc) is 2.37. The van der Waals surface area contributed by atoms with Crippen LogP contribution in [0.4, 0.5) is 0 Å². The number of ether oxygens (including phenoxy) is 1. The van der Waals surface area contributed by atoms with Crippen molar-refractivity contribution in [3.8, 4) is 5.75 Å². The van der Waals surface area contributed by atoms with Crippen LogP contribution in [0.3, 0.4) is 0 Å². The molecule has 106 valence electrons. The molecule has 4 nitrogen and oxygen atoms in total. The highest BCUT2D eigenvalue weighted by Gasteiger charge is 2.16. The van der Waals surface area contributed by atoms with Crippen LogP contribution < -0.4 is 4.74 Å². The van der Waals surface area contributed by atoms with Gasteiger partial charge in [0.1, 0.15) is 5.75 Å². The lowest BCUT2D eigenvalue weighted by molar-refractivity contribution is -0.141. The van der Waals surface area contributed by atoms with Gasteiger partial charge < -0.3 is 9.84 Å². The molecule has 0 radical (unpaired) electrons. The second-order valence-electron chi connectivity index (χ2n) is 4.88. The third-order valence-corrected chi connectivity index (χ3v) is 3.23. The molecule has 0 bridgehead atoms. The third-order valence-electron chi connectivity index (χ3n) is 3.23. The zero-order valence-electron chi connectivity index (χ0n) is 12.1. The van der Waals surface area contributed by atoms with E-state index < -0.39 is 5.97 Å². The van der Waals surface area contributed by atoms with Crippen LogP contribution in [0.15, 0.2) is 18.2 Å². The zero-order valence-corrected chi connectivity index (χ0v) is 12.1. The first-order valence-corrected chi connectivity index (χ1v) is 6.56. The van der Waals surface area contributed by atoms with Gasteiger partial charge in [0.25, 0.3) is 0 Å². The van der Waals surface area contributed by atoms with Crippen molar-refractivity contribution in [2.75, 3.05) is 20.2 Å². The second-order valence-corrected chi connectivity index (χ2v) is 4.88. The number of carbonyl (C=O) groups is 1. The van der Waals surface area contributed by atoms with Crippen LogP contribution in [0.25, 0.3) is 0 Å². The fourth-order valence-electron chi connectivity index (χ4n) is 2.04. The first kappa shape index (κ1) is 15.5. The quantitative estimate of drug-likeness (QED) is 0.823. The van der Waals surface area contributed by atoms with Crippen LogP contribution in [0.1, 0.15) is 25.0 Å². The van der Waals surface area contributed by atoms with E-state index in [9.17, 15) is 4.79 Å². The Morgan fingerprint density at radius 2 is 2.16 bits per heavy atom. The van der Waals surface area contributed by atoms with Crippen LogP contribution in [0, 0.1) is 12.8 Å². The van der Waals surface area contributed by atoms with E-state index in [1.54, 1.807) is 14.0 Å². The Kier molecular flexibility index (Phi) is 5.83. The monoisotopic (exact) mass is 265 g/mol. The maximum absolute atomic E-state index is 10.9. The molecule has 4 heteroatoms. The summed E-state index contributed by atoms with van der Waals surface area (Å²) in [6, 6.07) is 6.06. The average molecular weight is 265 g/mol. The van der Waals surface area contributed by atoms with E-state index in [1.165, 1.54) is 5.56 Å². The summed E-state index contributed by atoms with van der Waals surface area (Å²) < 4.78 is 5.36. The Hall–Kier alpha value is -1.55. The first-order chi connectivity index (χ1) is 8.97. The molecule has 1 atom stereocenters. The van der Waals surface area contributed by atoms with Crippen molar-refractivity contribution in [2.45, 2.75) is 27.3 Å². The molecular weight excluding hydrogens is 242 g/mol. The minimum Gasteiger partial charge on any atom is -0.496 e. The molecule has 0 amide bonds. The van der Waals surface area contributed by atoms with Crippen molar-refractivity contribution in [1.29, 1.82) is 0 Å². The highest BCUT2D eigenvalue weighted by atomic mass is 16.5. The Balaban J connectivity index is 2.80. The number of methoxy groups -OCH3 is 1. The lowest BCUT2D eigenvalue weighted by atomic mass is 10.1. The minimum absolute atomic E-state index is 0.365. The predicted molar refractivity (Wildman–Crippen MR) is 75.5 cm³/mol. The molecule has 1 N–H and O–H groups in total. The van der Waals surface area contributed by atoms with Gasteiger partial charge in [0.05, 0.1) is 13.0 Å². The number of hydrogen-bond donors (Lipinski definition) is 1. The summed E-state index contributed by atoms with van der Waals surface area (Å²) in [5.74, 6) is -0.266. The summed E-state index contributed by atoms with van der Waals surface area (Å²) in [5.41, 5.74) is 2.28. The number of carboxylic acid groups (broad SMARTS) is 1. The maximum Gasteiger partial charge on any atom is 0.307 e. The van der Waals surface area contributed by atoms with E-state index in [1.807, 2.05) is 26.0 Å². The Labute approximate surface area is 115 Å². The van der Waals surface area contributed by atoms with Crippen molar-refractivity contribution in [3.05, 3.63) is 29.3 Å². The number of aryl methyl sites for hydroxylation is 1. The van der Waals surface area contributed by atoms with Crippen LogP contribution >= 0.6 is 0 Å². The summed E-state index contributed by atoms with van der Waals surface area (Å²) in [4.78, 5) is 13.1. The van der Waals surface area contributed by atoms with Gasteiger partial charge in [0.15, 0.2) is 0 Å². The van der Waals surface area contributed by atoms with Crippen molar-refractivity contribution < 1.29 is 14.6 Å². The van der Waals surface area contributed by atoms with Crippen molar-refractivity contribution in [2.24, 2.45) is 5.92 Å². The molecule has 1 aromatic rings. The Morgan fingerprint density at radius 1 is 1.47 bits per heavy atom. The van der Waals surface area contributed by atoms with Gasteiger partial charge >= 0.3 is 5.97 Å². The van der Waals surface area contributed by atoms with Crippen molar-refractivity contribution in [1.82, 2.24) is 4.90 Å². The van der Waals surface area contributed by atoms with Crippen LogP contribution in [-0.2, 0) is 11.3 Å². The normalized spacial score (nSPS) is 12.5. The van der Waals surface area contributed by atoms with Crippen molar-refractivity contribution in [3.63, 3.8) is 0 Å². The van der Waals surface area contributed by atoms with Crippen LogP contribution in [0.5, 0.6) is 5.75 Å². The summed E-state index contributed by atoms with van der Waals surface area (Å²) in [7, 11) is 1.66. The van der Waals surface area contributed by atoms with Gasteiger partial charge in [-0.05, 0) is 19.5 Å². The molecule has 0 saturated carbocycles.